The van der Waals surface area contributed by atoms with Crippen molar-refractivity contribution in [3.63, 3.8) is 0 Å². The van der Waals surface area contributed by atoms with Crippen LogP contribution < -0.4 is 5.32 Å². The van der Waals surface area contributed by atoms with Crippen molar-refractivity contribution in [3.8, 4) is 0 Å². The first-order valence-corrected chi connectivity index (χ1v) is 7.80. The van der Waals surface area contributed by atoms with Crippen molar-refractivity contribution in [2.45, 2.75) is 25.8 Å². The van der Waals surface area contributed by atoms with Crippen LogP contribution in [0.25, 0.3) is 0 Å². The predicted molar refractivity (Wildman–Crippen MR) is 81.1 cm³/mol. The van der Waals surface area contributed by atoms with E-state index < -0.39 is 0 Å². The van der Waals surface area contributed by atoms with Gasteiger partial charge in [0.1, 0.15) is 0 Å². The van der Waals surface area contributed by atoms with Crippen LogP contribution in [0.4, 0.5) is 0 Å². The van der Waals surface area contributed by atoms with Gasteiger partial charge in [0.25, 0.3) is 0 Å². The smallest absolute Gasteiger partial charge is 0.0462 e. The van der Waals surface area contributed by atoms with Gasteiger partial charge in [0, 0.05) is 16.0 Å². The number of nitrogens with one attached hydrogen (secondary N) is 1. The van der Waals surface area contributed by atoms with Gasteiger partial charge in [-0.3, -0.25) is 0 Å². The highest BCUT2D eigenvalue weighted by Gasteiger charge is 2.09. The number of likely N-dealkylation sites (tertiary alicyclic amines) is 1. The van der Waals surface area contributed by atoms with Gasteiger partial charge in [-0.1, -0.05) is 33.6 Å². The SMILES string of the molecule is Clc1cc(Br)ccc1CNCCCN1CCCC1. The first-order valence-electron chi connectivity index (χ1n) is 6.63. The maximum Gasteiger partial charge on any atom is 0.0462 e. The zero-order valence-corrected chi connectivity index (χ0v) is 12.9. The molecular formula is C14H20BrClN2. The fraction of sp³-hybridized carbons (Fsp3) is 0.571. The molecule has 4 heteroatoms. The first kappa shape index (κ1) is 14.3. The molecule has 1 saturated heterocycles. The second-order valence-corrected chi connectivity index (χ2v) is 6.14. The lowest BCUT2D eigenvalue weighted by atomic mass is 10.2. The van der Waals surface area contributed by atoms with E-state index >= 15 is 0 Å². The third kappa shape index (κ3) is 4.54. The zero-order chi connectivity index (χ0) is 12.8. The molecule has 1 fully saturated rings. The van der Waals surface area contributed by atoms with Crippen LogP contribution in [0.15, 0.2) is 22.7 Å². The quantitative estimate of drug-likeness (QED) is 0.800. The Labute approximate surface area is 123 Å². The van der Waals surface area contributed by atoms with Gasteiger partial charge < -0.3 is 10.2 Å². The maximum absolute atomic E-state index is 6.17. The van der Waals surface area contributed by atoms with Crippen molar-refractivity contribution >= 4 is 27.5 Å². The third-order valence-corrected chi connectivity index (χ3v) is 4.20. The van der Waals surface area contributed by atoms with Crippen LogP contribution >= 0.6 is 27.5 Å². The minimum atomic E-state index is 0.830. The normalized spacial score (nSPS) is 16.3. The van der Waals surface area contributed by atoms with E-state index in [1.807, 2.05) is 12.1 Å². The highest BCUT2D eigenvalue weighted by atomic mass is 79.9. The molecule has 1 heterocycles. The molecule has 1 aromatic rings. The van der Waals surface area contributed by atoms with Gasteiger partial charge in [-0.2, -0.15) is 0 Å². The molecule has 2 rings (SSSR count). The molecule has 18 heavy (non-hydrogen) atoms. The second kappa shape index (κ2) is 7.49. The van der Waals surface area contributed by atoms with Crippen molar-refractivity contribution in [1.82, 2.24) is 10.2 Å². The Morgan fingerprint density at radius 3 is 2.78 bits per heavy atom. The Morgan fingerprint density at radius 2 is 2.06 bits per heavy atom. The monoisotopic (exact) mass is 330 g/mol. The van der Waals surface area contributed by atoms with Crippen molar-refractivity contribution in [2.75, 3.05) is 26.2 Å². The van der Waals surface area contributed by atoms with E-state index in [-0.39, 0.29) is 0 Å². The standard InChI is InChI=1S/C14H20BrClN2/c15-13-5-4-12(14(16)10-13)11-17-6-3-9-18-7-1-2-8-18/h4-5,10,17H,1-3,6-9,11H2. The van der Waals surface area contributed by atoms with E-state index in [4.69, 9.17) is 11.6 Å². The van der Waals surface area contributed by atoms with E-state index in [1.54, 1.807) is 0 Å². The number of rotatable bonds is 6. The highest BCUT2D eigenvalue weighted by Crippen LogP contribution is 2.21. The lowest BCUT2D eigenvalue weighted by molar-refractivity contribution is 0.331. The van der Waals surface area contributed by atoms with Gasteiger partial charge in [0.2, 0.25) is 0 Å². The van der Waals surface area contributed by atoms with Crippen LogP contribution in [0.5, 0.6) is 0 Å². The minimum Gasteiger partial charge on any atom is -0.313 e. The van der Waals surface area contributed by atoms with Crippen LogP contribution in [0.3, 0.4) is 0 Å². The van der Waals surface area contributed by atoms with Crippen LogP contribution in [0.1, 0.15) is 24.8 Å². The van der Waals surface area contributed by atoms with Crippen molar-refractivity contribution in [3.05, 3.63) is 33.3 Å². The summed E-state index contributed by atoms with van der Waals surface area (Å²) in [6.45, 7) is 5.72. The molecule has 1 aliphatic rings. The summed E-state index contributed by atoms with van der Waals surface area (Å²) in [4.78, 5) is 2.55. The Balaban J connectivity index is 1.62. The van der Waals surface area contributed by atoms with Gasteiger partial charge in [0.15, 0.2) is 0 Å². The summed E-state index contributed by atoms with van der Waals surface area (Å²) in [7, 11) is 0. The van der Waals surface area contributed by atoms with Crippen LogP contribution in [0, 0.1) is 0 Å². The molecule has 100 valence electrons. The van der Waals surface area contributed by atoms with E-state index in [2.05, 4.69) is 32.2 Å². The number of hydrogen-bond acceptors (Lipinski definition) is 2. The number of nitrogens with zero attached hydrogens (tertiary/aromatic N) is 1. The van der Waals surface area contributed by atoms with E-state index in [9.17, 15) is 0 Å². The van der Waals surface area contributed by atoms with Gasteiger partial charge in [-0.25, -0.2) is 0 Å². The topological polar surface area (TPSA) is 15.3 Å². The summed E-state index contributed by atoms with van der Waals surface area (Å²) in [6, 6.07) is 6.05. The van der Waals surface area contributed by atoms with Crippen molar-refractivity contribution in [1.29, 1.82) is 0 Å². The Morgan fingerprint density at radius 1 is 1.28 bits per heavy atom. The molecule has 1 N–H and O–H groups in total. The maximum atomic E-state index is 6.17. The molecule has 0 atom stereocenters. The van der Waals surface area contributed by atoms with Crippen LogP contribution in [0.2, 0.25) is 5.02 Å². The summed E-state index contributed by atoms with van der Waals surface area (Å²) in [6.07, 6.45) is 3.97. The lowest BCUT2D eigenvalue weighted by Gasteiger charge is -2.14. The molecule has 2 nitrogen and oxygen atoms in total. The van der Waals surface area contributed by atoms with Crippen molar-refractivity contribution < 1.29 is 0 Å². The summed E-state index contributed by atoms with van der Waals surface area (Å²) in [5, 5.41) is 4.29. The van der Waals surface area contributed by atoms with Gasteiger partial charge in [-0.05, 0) is 63.1 Å². The van der Waals surface area contributed by atoms with E-state index in [0.29, 0.717) is 0 Å². The number of hydrogen-bond donors (Lipinski definition) is 1. The fourth-order valence-electron chi connectivity index (χ4n) is 2.32. The Bertz CT molecular complexity index is 378. The largest absolute Gasteiger partial charge is 0.313 e. The first-order chi connectivity index (χ1) is 8.75. The van der Waals surface area contributed by atoms with Crippen LogP contribution in [-0.2, 0) is 6.54 Å². The average molecular weight is 332 g/mol. The van der Waals surface area contributed by atoms with E-state index in [1.165, 1.54) is 44.5 Å². The lowest BCUT2D eigenvalue weighted by Crippen LogP contribution is -2.24. The Hall–Kier alpha value is -0.0900. The average Bonchev–Trinajstić information content (AvgIpc) is 2.84. The van der Waals surface area contributed by atoms with Gasteiger partial charge in [0.05, 0.1) is 0 Å². The number of benzene rings is 1. The zero-order valence-electron chi connectivity index (χ0n) is 10.6. The van der Waals surface area contributed by atoms with E-state index in [0.717, 1.165) is 22.6 Å². The summed E-state index contributed by atoms with van der Waals surface area (Å²) < 4.78 is 1.03. The third-order valence-electron chi connectivity index (χ3n) is 3.36. The highest BCUT2D eigenvalue weighted by molar-refractivity contribution is 9.10. The molecule has 0 saturated carbocycles. The molecule has 0 spiro atoms. The molecule has 0 amide bonds. The molecule has 0 unspecified atom stereocenters. The van der Waals surface area contributed by atoms with Gasteiger partial charge in [-0.15, -0.1) is 0 Å². The summed E-state index contributed by atoms with van der Waals surface area (Å²) in [5.41, 5.74) is 1.17. The molecule has 0 aliphatic carbocycles. The summed E-state index contributed by atoms with van der Waals surface area (Å²) in [5.74, 6) is 0. The second-order valence-electron chi connectivity index (χ2n) is 4.81. The van der Waals surface area contributed by atoms with Crippen molar-refractivity contribution in [2.24, 2.45) is 0 Å². The molecule has 0 bridgehead atoms. The van der Waals surface area contributed by atoms with Crippen LogP contribution in [-0.4, -0.2) is 31.1 Å². The molecule has 1 aliphatic heterocycles. The Kier molecular flexibility index (Phi) is 5.96. The molecule has 0 radical (unpaired) electrons. The fourth-order valence-corrected chi connectivity index (χ4v) is 3.06. The number of halogens is 2. The molecular weight excluding hydrogens is 312 g/mol. The molecule has 1 aromatic carbocycles. The summed E-state index contributed by atoms with van der Waals surface area (Å²) >= 11 is 9.58. The molecule has 0 aromatic heterocycles. The predicted octanol–water partition coefficient (Wildman–Crippen LogP) is 3.68. The van der Waals surface area contributed by atoms with Gasteiger partial charge >= 0.3 is 0 Å². The minimum absolute atomic E-state index is 0.830.